The van der Waals surface area contributed by atoms with Gasteiger partial charge in [-0.15, -0.1) is 0 Å². The SMILES string of the molecule is C/C=c1/c(C#N)ccc(F)/c1=C/C.CC. The Bertz CT molecular complexity index is 467. The minimum absolute atomic E-state index is 0.283. The van der Waals surface area contributed by atoms with Gasteiger partial charge in [-0.05, 0) is 31.2 Å². The second-order valence-electron chi connectivity index (χ2n) is 2.61. The first-order valence-corrected chi connectivity index (χ1v) is 5.06. The Morgan fingerprint density at radius 3 is 2.07 bits per heavy atom. The average molecular weight is 205 g/mol. The number of hydrogen-bond acceptors (Lipinski definition) is 1. The van der Waals surface area contributed by atoms with E-state index in [0.717, 1.165) is 0 Å². The van der Waals surface area contributed by atoms with Crippen molar-refractivity contribution in [2.24, 2.45) is 0 Å². The maximum absolute atomic E-state index is 13.2. The van der Waals surface area contributed by atoms with Gasteiger partial charge in [0, 0.05) is 5.22 Å². The van der Waals surface area contributed by atoms with E-state index in [1.807, 2.05) is 19.9 Å². The Morgan fingerprint density at radius 2 is 1.67 bits per heavy atom. The third-order valence-electron chi connectivity index (χ3n) is 1.93. The van der Waals surface area contributed by atoms with Crippen molar-refractivity contribution in [2.45, 2.75) is 27.7 Å². The lowest BCUT2D eigenvalue weighted by Gasteiger charge is -1.94. The molecule has 15 heavy (non-hydrogen) atoms. The Hall–Kier alpha value is -1.62. The Labute approximate surface area is 90.2 Å². The van der Waals surface area contributed by atoms with Crippen LogP contribution in [-0.4, -0.2) is 0 Å². The molecule has 0 N–H and O–H groups in total. The molecular weight excluding hydrogens is 189 g/mol. The van der Waals surface area contributed by atoms with E-state index in [-0.39, 0.29) is 5.82 Å². The summed E-state index contributed by atoms with van der Waals surface area (Å²) >= 11 is 0. The summed E-state index contributed by atoms with van der Waals surface area (Å²) in [5.41, 5.74) is 0.511. The van der Waals surface area contributed by atoms with E-state index in [9.17, 15) is 4.39 Å². The Kier molecular flexibility index (Phi) is 6.05. The number of hydrogen-bond donors (Lipinski definition) is 0. The van der Waals surface area contributed by atoms with E-state index >= 15 is 0 Å². The molecule has 0 saturated heterocycles. The van der Waals surface area contributed by atoms with E-state index < -0.39 is 0 Å². The van der Waals surface area contributed by atoms with Gasteiger partial charge in [0.05, 0.1) is 11.6 Å². The van der Waals surface area contributed by atoms with Crippen molar-refractivity contribution in [3.63, 3.8) is 0 Å². The first kappa shape index (κ1) is 13.4. The van der Waals surface area contributed by atoms with E-state index in [1.54, 1.807) is 26.0 Å². The highest BCUT2D eigenvalue weighted by molar-refractivity contribution is 5.40. The van der Waals surface area contributed by atoms with Crippen molar-refractivity contribution in [3.8, 4) is 6.07 Å². The summed E-state index contributed by atoms with van der Waals surface area (Å²) in [5, 5.41) is 9.93. The monoisotopic (exact) mass is 205 g/mol. The first-order valence-electron chi connectivity index (χ1n) is 5.06. The van der Waals surface area contributed by atoms with E-state index in [0.29, 0.717) is 16.0 Å². The highest BCUT2D eigenvalue weighted by atomic mass is 19.1. The van der Waals surface area contributed by atoms with Crippen LogP contribution in [0.2, 0.25) is 0 Å². The van der Waals surface area contributed by atoms with Crippen LogP contribution in [0.1, 0.15) is 33.3 Å². The zero-order chi connectivity index (χ0) is 11.8. The molecule has 0 fully saturated rings. The third kappa shape index (κ3) is 2.92. The maximum atomic E-state index is 13.2. The number of halogens is 1. The fourth-order valence-electron chi connectivity index (χ4n) is 1.31. The molecule has 0 aliphatic heterocycles. The van der Waals surface area contributed by atoms with Gasteiger partial charge in [-0.2, -0.15) is 5.26 Å². The minimum atomic E-state index is -0.283. The van der Waals surface area contributed by atoms with Gasteiger partial charge in [-0.25, -0.2) is 4.39 Å². The van der Waals surface area contributed by atoms with Gasteiger partial charge < -0.3 is 0 Å². The molecule has 0 aliphatic carbocycles. The van der Waals surface area contributed by atoms with Crippen molar-refractivity contribution in [1.82, 2.24) is 0 Å². The molecule has 1 nitrogen and oxygen atoms in total. The first-order chi connectivity index (χ1) is 7.24. The lowest BCUT2D eigenvalue weighted by Crippen LogP contribution is -2.30. The number of rotatable bonds is 0. The quantitative estimate of drug-likeness (QED) is 0.637. The molecule has 0 aliphatic rings. The molecule has 1 aromatic carbocycles. The molecule has 1 rings (SSSR count). The Morgan fingerprint density at radius 1 is 1.13 bits per heavy atom. The van der Waals surface area contributed by atoms with Crippen molar-refractivity contribution >= 4 is 12.2 Å². The van der Waals surface area contributed by atoms with Gasteiger partial charge >= 0.3 is 0 Å². The molecule has 2 heteroatoms. The standard InChI is InChI=1S/C11H10FN.C2H6/c1-3-9-8(7-13)5-6-11(12)10(9)4-2;1-2/h3-6H,1-2H3;1-2H3/b9-3-,10-4+;. The average Bonchev–Trinajstić information content (AvgIpc) is 2.31. The van der Waals surface area contributed by atoms with Crippen LogP contribution < -0.4 is 10.4 Å². The molecule has 0 bridgehead atoms. The molecule has 80 valence electrons. The van der Waals surface area contributed by atoms with E-state index in [4.69, 9.17) is 5.26 Å². The highest BCUT2D eigenvalue weighted by Crippen LogP contribution is 1.90. The van der Waals surface area contributed by atoms with E-state index in [2.05, 4.69) is 0 Å². The molecule has 1 aromatic rings. The summed E-state index contributed by atoms with van der Waals surface area (Å²) in [5.74, 6) is -0.283. The van der Waals surface area contributed by atoms with Crippen LogP contribution >= 0.6 is 0 Å². The lowest BCUT2D eigenvalue weighted by atomic mass is 10.1. The van der Waals surface area contributed by atoms with Crippen molar-refractivity contribution in [2.75, 3.05) is 0 Å². The number of nitrogens with zero attached hydrogens (tertiary/aromatic N) is 1. The van der Waals surface area contributed by atoms with Crippen molar-refractivity contribution < 1.29 is 4.39 Å². The van der Waals surface area contributed by atoms with Crippen LogP contribution in [0, 0.1) is 17.1 Å². The highest BCUT2D eigenvalue weighted by Gasteiger charge is 1.98. The van der Waals surface area contributed by atoms with Gasteiger partial charge in [0.15, 0.2) is 0 Å². The summed E-state index contributed by atoms with van der Waals surface area (Å²) in [6.45, 7) is 7.55. The van der Waals surface area contributed by atoms with Gasteiger partial charge in [0.25, 0.3) is 0 Å². The van der Waals surface area contributed by atoms with Crippen LogP contribution in [0.4, 0.5) is 4.39 Å². The summed E-state index contributed by atoms with van der Waals surface area (Å²) in [7, 11) is 0. The maximum Gasteiger partial charge on any atom is 0.130 e. The molecule has 0 aromatic heterocycles. The molecule has 0 saturated carbocycles. The van der Waals surface area contributed by atoms with Crippen molar-refractivity contribution in [1.29, 1.82) is 5.26 Å². The normalized spacial score (nSPS) is 11.7. The molecule has 0 heterocycles. The molecular formula is C13H16FN. The minimum Gasteiger partial charge on any atom is -0.206 e. The fourth-order valence-corrected chi connectivity index (χ4v) is 1.31. The zero-order valence-electron chi connectivity index (χ0n) is 9.63. The van der Waals surface area contributed by atoms with Crippen molar-refractivity contribution in [3.05, 3.63) is 34.0 Å². The molecule has 0 atom stereocenters. The summed E-state index contributed by atoms with van der Waals surface area (Å²) < 4.78 is 13.2. The Balaban J connectivity index is 0.000000921. The molecule has 0 amide bonds. The lowest BCUT2D eigenvalue weighted by molar-refractivity contribution is 0.617. The number of nitriles is 1. The van der Waals surface area contributed by atoms with E-state index in [1.165, 1.54) is 12.1 Å². The smallest absolute Gasteiger partial charge is 0.130 e. The largest absolute Gasteiger partial charge is 0.206 e. The van der Waals surface area contributed by atoms with Crippen LogP contribution in [-0.2, 0) is 0 Å². The summed E-state index contributed by atoms with van der Waals surface area (Å²) in [6.07, 6.45) is 3.42. The zero-order valence-corrected chi connectivity index (χ0v) is 9.63. The third-order valence-corrected chi connectivity index (χ3v) is 1.93. The number of benzene rings is 1. The van der Waals surface area contributed by atoms with Gasteiger partial charge in [0.1, 0.15) is 5.82 Å². The van der Waals surface area contributed by atoms with Crippen LogP contribution in [0.15, 0.2) is 12.1 Å². The molecule has 0 radical (unpaired) electrons. The summed E-state index contributed by atoms with van der Waals surface area (Å²) in [6, 6.07) is 4.85. The van der Waals surface area contributed by atoms with Gasteiger partial charge in [0.2, 0.25) is 0 Å². The van der Waals surface area contributed by atoms with Crippen LogP contribution in [0.3, 0.4) is 0 Å². The topological polar surface area (TPSA) is 23.8 Å². The van der Waals surface area contributed by atoms with Gasteiger partial charge in [-0.1, -0.05) is 26.0 Å². The predicted octanol–water partition coefficient (Wildman–Crippen LogP) is 2.32. The second-order valence-corrected chi connectivity index (χ2v) is 2.61. The van der Waals surface area contributed by atoms with Gasteiger partial charge in [-0.3, -0.25) is 0 Å². The van der Waals surface area contributed by atoms with Crippen LogP contribution in [0.25, 0.3) is 12.2 Å². The fraction of sp³-hybridized carbons (Fsp3) is 0.308. The predicted molar refractivity (Wildman–Crippen MR) is 62.0 cm³/mol. The van der Waals surface area contributed by atoms with Crippen LogP contribution in [0.5, 0.6) is 0 Å². The molecule has 0 unspecified atom stereocenters. The molecule has 0 spiro atoms. The second kappa shape index (κ2) is 6.78. The summed E-state index contributed by atoms with van der Waals surface area (Å²) in [4.78, 5) is 0.